The van der Waals surface area contributed by atoms with Gasteiger partial charge in [-0.3, -0.25) is 19.2 Å². The highest BCUT2D eigenvalue weighted by atomic mass is 32.2. The van der Waals surface area contributed by atoms with Gasteiger partial charge in [-0.2, -0.15) is 0 Å². The van der Waals surface area contributed by atoms with Crippen molar-refractivity contribution in [3.8, 4) is 0 Å². The zero-order valence-electron chi connectivity index (χ0n) is 26.7. The van der Waals surface area contributed by atoms with Gasteiger partial charge in [0.15, 0.2) is 5.13 Å². The van der Waals surface area contributed by atoms with Crippen LogP contribution in [0.4, 0.5) is 10.8 Å². The lowest BCUT2D eigenvalue weighted by Gasteiger charge is -2.15. The second-order valence-electron chi connectivity index (χ2n) is 10.8. The van der Waals surface area contributed by atoms with Gasteiger partial charge in [-0.15, -0.1) is 23.1 Å². The van der Waals surface area contributed by atoms with Crippen LogP contribution in [0, 0.1) is 0 Å². The summed E-state index contributed by atoms with van der Waals surface area (Å²) in [6, 6.07) is 23.7. The van der Waals surface area contributed by atoms with Crippen molar-refractivity contribution in [2.75, 3.05) is 17.2 Å². The summed E-state index contributed by atoms with van der Waals surface area (Å²) in [4.78, 5) is 56.6. The smallest absolute Gasteiger partial charge is 0.311 e. The Morgan fingerprint density at radius 3 is 2.36 bits per heavy atom. The number of nitrogens with one attached hydrogen (secondary N) is 3. The lowest BCUT2D eigenvalue weighted by Crippen LogP contribution is -2.30. The third-order valence-corrected chi connectivity index (χ3v) is 9.05. The second-order valence-corrected chi connectivity index (χ2v) is 12.9. The van der Waals surface area contributed by atoms with Gasteiger partial charge in [0.05, 0.1) is 24.0 Å². The monoisotopic (exact) mass is 670 g/mol. The Morgan fingerprint density at radius 1 is 0.936 bits per heavy atom. The first kappa shape index (κ1) is 35.1. The number of thiazole rings is 1. The molecule has 11 heteroatoms. The molecule has 0 saturated carbocycles. The van der Waals surface area contributed by atoms with Crippen LogP contribution in [-0.2, 0) is 25.5 Å². The molecule has 47 heavy (non-hydrogen) atoms. The number of amides is 3. The first-order chi connectivity index (χ1) is 22.6. The Bertz CT molecular complexity index is 1720. The predicted octanol–water partition coefficient (Wildman–Crippen LogP) is 7.29. The zero-order valence-corrected chi connectivity index (χ0v) is 28.4. The Hall–Kier alpha value is -4.74. The van der Waals surface area contributed by atoms with Gasteiger partial charge >= 0.3 is 5.97 Å². The van der Waals surface area contributed by atoms with E-state index in [9.17, 15) is 19.2 Å². The molecule has 9 nitrogen and oxygen atoms in total. The molecule has 0 aliphatic carbocycles. The summed E-state index contributed by atoms with van der Waals surface area (Å²) in [7, 11) is 0. The van der Waals surface area contributed by atoms with Crippen molar-refractivity contribution < 1.29 is 23.9 Å². The highest BCUT2D eigenvalue weighted by molar-refractivity contribution is 8.00. The SMILES string of the molecule is CCOC(=O)Cc1csc(NC(=O)C(CC)Sc2cccc(NC(=O)/C(=C\c3ccc(C(C)C)cc3)NC(=O)c3ccccc3)c2)n1. The fraction of sp³-hybridized carbons (Fsp3) is 0.250. The summed E-state index contributed by atoms with van der Waals surface area (Å²) in [6.07, 6.45) is 2.23. The van der Waals surface area contributed by atoms with Crippen LogP contribution in [0.1, 0.15) is 67.2 Å². The van der Waals surface area contributed by atoms with Crippen LogP contribution in [-0.4, -0.2) is 40.5 Å². The molecule has 3 amide bonds. The summed E-state index contributed by atoms with van der Waals surface area (Å²) in [5.41, 5.74) is 3.49. The summed E-state index contributed by atoms with van der Waals surface area (Å²) in [5, 5.41) is 10.2. The largest absolute Gasteiger partial charge is 0.466 e. The first-order valence-electron chi connectivity index (χ1n) is 15.3. The average molecular weight is 671 g/mol. The minimum atomic E-state index is -0.489. The number of anilines is 2. The van der Waals surface area contributed by atoms with Gasteiger partial charge in [0.2, 0.25) is 5.91 Å². The number of nitrogens with zero attached hydrogens (tertiary/aromatic N) is 1. The molecule has 0 saturated heterocycles. The second kappa shape index (κ2) is 17.3. The van der Waals surface area contributed by atoms with Crippen molar-refractivity contribution in [3.63, 3.8) is 0 Å². The normalized spacial score (nSPS) is 11.9. The van der Waals surface area contributed by atoms with Gasteiger partial charge in [-0.05, 0) is 66.8 Å². The Kier molecular flexibility index (Phi) is 12.9. The van der Waals surface area contributed by atoms with E-state index in [-0.39, 0.29) is 24.0 Å². The molecule has 3 N–H and O–H groups in total. The van der Waals surface area contributed by atoms with Crippen LogP contribution in [0.2, 0.25) is 0 Å². The highest BCUT2D eigenvalue weighted by Gasteiger charge is 2.21. The molecule has 1 heterocycles. The average Bonchev–Trinajstić information content (AvgIpc) is 3.50. The van der Waals surface area contributed by atoms with E-state index in [0.29, 0.717) is 41.0 Å². The Morgan fingerprint density at radius 2 is 1.68 bits per heavy atom. The lowest BCUT2D eigenvalue weighted by molar-refractivity contribution is -0.142. The summed E-state index contributed by atoms with van der Waals surface area (Å²) in [6.45, 7) is 8.17. The molecular formula is C36H38N4O5S2. The van der Waals surface area contributed by atoms with Gasteiger partial charge in [-0.25, -0.2) is 4.98 Å². The van der Waals surface area contributed by atoms with Crippen LogP contribution in [0.5, 0.6) is 0 Å². The van der Waals surface area contributed by atoms with E-state index in [2.05, 4.69) is 34.8 Å². The lowest BCUT2D eigenvalue weighted by atomic mass is 10.0. The van der Waals surface area contributed by atoms with E-state index in [1.165, 1.54) is 28.7 Å². The van der Waals surface area contributed by atoms with Crippen molar-refractivity contribution in [3.05, 3.63) is 112 Å². The molecule has 1 aromatic heterocycles. The van der Waals surface area contributed by atoms with E-state index in [1.54, 1.807) is 60.8 Å². The number of carbonyl (C=O) groups is 4. The number of rotatable bonds is 14. The minimum Gasteiger partial charge on any atom is -0.466 e. The van der Waals surface area contributed by atoms with Gasteiger partial charge in [-0.1, -0.05) is 69.3 Å². The maximum atomic E-state index is 13.6. The first-order valence-corrected chi connectivity index (χ1v) is 17.1. The Labute approximate surface area is 283 Å². The maximum absolute atomic E-state index is 13.6. The molecule has 1 unspecified atom stereocenters. The number of carbonyl (C=O) groups excluding carboxylic acids is 4. The number of aromatic nitrogens is 1. The molecular weight excluding hydrogens is 633 g/mol. The fourth-order valence-electron chi connectivity index (χ4n) is 4.41. The van der Waals surface area contributed by atoms with Crippen molar-refractivity contribution in [1.29, 1.82) is 0 Å². The van der Waals surface area contributed by atoms with Gasteiger partial charge < -0.3 is 20.7 Å². The minimum absolute atomic E-state index is 0.0436. The van der Waals surface area contributed by atoms with Crippen molar-refractivity contribution in [1.82, 2.24) is 10.3 Å². The van der Waals surface area contributed by atoms with Gasteiger partial charge in [0.1, 0.15) is 5.70 Å². The molecule has 244 valence electrons. The number of ether oxygens (including phenoxy) is 1. The molecule has 0 aliphatic heterocycles. The number of thioether (sulfide) groups is 1. The van der Waals surface area contributed by atoms with Crippen LogP contribution in [0.3, 0.4) is 0 Å². The quantitative estimate of drug-likeness (QED) is 0.0731. The highest BCUT2D eigenvalue weighted by Crippen LogP contribution is 2.29. The molecule has 1 atom stereocenters. The zero-order chi connectivity index (χ0) is 33.8. The maximum Gasteiger partial charge on any atom is 0.311 e. The summed E-state index contributed by atoms with van der Waals surface area (Å²) in [5.74, 6) is -1.12. The van der Waals surface area contributed by atoms with Gasteiger partial charge in [0.25, 0.3) is 11.8 Å². The van der Waals surface area contributed by atoms with E-state index < -0.39 is 17.1 Å². The van der Waals surface area contributed by atoms with Crippen LogP contribution < -0.4 is 16.0 Å². The standard InChI is InChI=1S/C36H38N4O5S2/c1-5-31(35(44)40-36-38-28(22-46-36)21-32(41)45-6-2)47-29-14-10-13-27(20-29)37-34(43)30(39-33(42)26-11-8-7-9-12-26)19-24-15-17-25(18-16-24)23(3)4/h7-20,22-23,31H,5-6,21H2,1-4H3,(H,37,43)(H,39,42)(H,38,40,44)/b30-19+. The molecule has 0 fully saturated rings. The molecule has 0 aliphatic rings. The number of esters is 1. The fourth-order valence-corrected chi connectivity index (χ4v) is 6.14. The van der Waals surface area contributed by atoms with Gasteiger partial charge in [0, 0.05) is 21.5 Å². The van der Waals surface area contributed by atoms with Crippen molar-refractivity contribution >= 4 is 63.7 Å². The summed E-state index contributed by atoms with van der Waals surface area (Å²) < 4.78 is 4.96. The van der Waals surface area contributed by atoms with E-state index in [1.807, 2.05) is 43.3 Å². The summed E-state index contributed by atoms with van der Waals surface area (Å²) >= 11 is 2.61. The molecule has 4 rings (SSSR count). The third kappa shape index (κ3) is 10.7. The molecule has 4 aromatic rings. The van der Waals surface area contributed by atoms with E-state index >= 15 is 0 Å². The third-order valence-electron chi connectivity index (χ3n) is 6.89. The van der Waals surface area contributed by atoms with Crippen LogP contribution in [0.15, 0.2) is 94.8 Å². The van der Waals surface area contributed by atoms with Crippen LogP contribution in [0.25, 0.3) is 6.08 Å². The van der Waals surface area contributed by atoms with Crippen LogP contribution >= 0.6 is 23.1 Å². The van der Waals surface area contributed by atoms with E-state index in [0.717, 1.165) is 10.5 Å². The number of benzene rings is 3. The molecule has 0 spiro atoms. The number of hydrogen-bond donors (Lipinski definition) is 3. The molecule has 3 aromatic carbocycles. The van der Waals surface area contributed by atoms with Crippen molar-refractivity contribution in [2.45, 2.75) is 56.6 Å². The van der Waals surface area contributed by atoms with Crippen molar-refractivity contribution in [2.24, 2.45) is 0 Å². The molecule has 0 radical (unpaired) electrons. The topological polar surface area (TPSA) is 126 Å². The molecule has 0 bridgehead atoms. The Balaban J connectivity index is 1.46. The number of hydrogen-bond acceptors (Lipinski definition) is 8. The predicted molar refractivity (Wildman–Crippen MR) is 189 cm³/mol. The van der Waals surface area contributed by atoms with E-state index in [4.69, 9.17) is 4.74 Å².